The van der Waals surface area contributed by atoms with Crippen LogP contribution in [0.25, 0.3) is 5.65 Å². The molecule has 1 fully saturated rings. The van der Waals surface area contributed by atoms with E-state index in [9.17, 15) is 18.0 Å². The van der Waals surface area contributed by atoms with Gasteiger partial charge in [0.15, 0.2) is 5.69 Å². The summed E-state index contributed by atoms with van der Waals surface area (Å²) < 4.78 is 40.4. The predicted molar refractivity (Wildman–Crippen MR) is 106 cm³/mol. The molecule has 0 aromatic carbocycles. The van der Waals surface area contributed by atoms with E-state index >= 15 is 0 Å². The summed E-state index contributed by atoms with van der Waals surface area (Å²) in [5, 5.41) is 6.32. The van der Waals surface area contributed by atoms with Crippen molar-refractivity contribution in [3.8, 4) is 0 Å². The van der Waals surface area contributed by atoms with Gasteiger partial charge in [-0.15, -0.1) is 0 Å². The van der Waals surface area contributed by atoms with Gasteiger partial charge in [0.05, 0.1) is 5.56 Å². The molecule has 1 aliphatic rings. The van der Waals surface area contributed by atoms with Crippen LogP contribution in [0.15, 0.2) is 48.9 Å². The third kappa shape index (κ3) is 4.55. The van der Waals surface area contributed by atoms with E-state index in [0.29, 0.717) is 23.8 Å². The van der Waals surface area contributed by atoms with Crippen LogP contribution in [0.3, 0.4) is 0 Å². The van der Waals surface area contributed by atoms with Crippen LogP contribution >= 0.6 is 0 Å². The number of hydrogen-bond acceptors (Lipinski definition) is 4. The number of imidazole rings is 1. The average Bonchev–Trinajstić information content (AvgIpc) is 3.20. The molecule has 3 heterocycles. The Labute approximate surface area is 171 Å². The number of carbonyl (C=O) groups excluding carboxylic acids is 1. The Morgan fingerprint density at radius 2 is 1.93 bits per heavy atom. The number of carbonyl (C=O) groups is 1. The molecule has 1 amide bonds. The molecule has 0 unspecified atom stereocenters. The zero-order valence-corrected chi connectivity index (χ0v) is 16.2. The lowest BCUT2D eigenvalue weighted by atomic mass is 9.86. The molecule has 0 saturated heterocycles. The summed E-state index contributed by atoms with van der Waals surface area (Å²) in [6.07, 6.45) is 3.34. The second-order valence-corrected chi connectivity index (χ2v) is 7.58. The summed E-state index contributed by atoms with van der Waals surface area (Å²) in [5.41, 5.74) is -0.0940. The van der Waals surface area contributed by atoms with Crippen LogP contribution in [0.1, 0.15) is 41.7 Å². The summed E-state index contributed by atoms with van der Waals surface area (Å²) in [4.78, 5) is 19.8. The fraction of sp³-hybridized carbons (Fsp3) is 0.381. The highest BCUT2D eigenvalue weighted by atomic mass is 19.4. The molecule has 0 aliphatic heterocycles. The molecule has 0 spiro atoms. The first-order chi connectivity index (χ1) is 14.4. The second-order valence-electron chi connectivity index (χ2n) is 7.58. The third-order valence-electron chi connectivity index (χ3n) is 5.46. The van der Waals surface area contributed by atoms with E-state index in [-0.39, 0.29) is 17.6 Å². The number of hydrogen-bond donors (Lipinski definition) is 2. The lowest BCUT2D eigenvalue weighted by Crippen LogP contribution is -2.34. The van der Waals surface area contributed by atoms with Gasteiger partial charge < -0.3 is 10.6 Å². The lowest BCUT2D eigenvalue weighted by molar-refractivity contribution is -0.140. The van der Waals surface area contributed by atoms with E-state index in [1.54, 1.807) is 36.5 Å². The molecule has 6 nitrogen and oxygen atoms in total. The fourth-order valence-corrected chi connectivity index (χ4v) is 3.82. The van der Waals surface area contributed by atoms with Gasteiger partial charge in [0.1, 0.15) is 11.5 Å². The quantitative estimate of drug-likeness (QED) is 0.654. The minimum absolute atomic E-state index is 0.129. The molecule has 158 valence electrons. The Hall–Kier alpha value is -3.10. The van der Waals surface area contributed by atoms with Gasteiger partial charge in [-0.2, -0.15) is 13.2 Å². The normalized spacial score (nSPS) is 19.6. The number of rotatable bonds is 5. The molecular formula is C21H22F3N5O. The second kappa shape index (κ2) is 8.33. The molecule has 0 atom stereocenters. The molecule has 4 rings (SSSR count). The maximum Gasteiger partial charge on any atom is 0.434 e. The summed E-state index contributed by atoms with van der Waals surface area (Å²) in [6.45, 7) is 0.604. The fourth-order valence-electron chi connectivity index (χ4n) is 3.82. The SMILES string of the molecule is O=C(NC[C@H]1CC[C@@H](Nc2cccc3nc(C(F)(F)F)cn23)CC1)c1cccnc1. The highest BCUT2D eigenvalue weighted by Gasteiger charge is 2.34. The monoisotopic (exact) mass is 417 g/mol. The Morgan fingerprint density at radius 1 is 1.13 bits per heavy atom. The Balaban J connectivity index is 1.32. The van der Waals surface area contributed by atoms with E-state index in [1.807, 2.05) is 0 Å². The maximum atomic E-state index is 13.0. The molecule has 2 N–H and O–H groups in total. The number of alkyl halides is 3. The lowest BCUT2D eigenvalue weighted by Gasteiger charge is -2.30. The van der Waals surface area contributed by atoms with Gasteiger partial charge in [-0.05, 0) is 55.9 Å². The number of nitrogens with one attached hydrogen (secondary N) is 2. The van der Waals surface area contributed by atoms with Crippen LogP contribution in [-0.2, 0) is 6.18 Å². The standard InChI is InChI=1S/C21H22F3N5O/c22-21(23,24)17-13-29-18(4-1-5-19(29)28-17)27-16-8-6-14(7-9-16)11-26-20(30)15-3-2-10-25-12-15/h1-5,10,12-14,16,27H,6-9,11H2,(H,26,30)/t14-,16+. The first kappa shape index (κ1) is 20.2. The average molecular weight is 417 g/mol. The number of pyridine rings is 2. The van der Waals surface area contributed by atoms with Crippen LogP contribution in [0.5, 0.6) is 0 Å². The molecule has 0 radical (unpaired) electrons. The Morgan fingerprint density at radius 3 is 2.63 bits per heavy atom. The predicted octanol–water partition coefficient (Wildman–Crippen LogP) is 4.15. The first-order valence-corrected chi connectivity index (χ1v) is 9.90. The number of nitrogens with zero attached hydrogens (tertiary/aromatic N) is 3. The highest BCUT2D eigenvalue weighted by Crippen LogP contribution is 2.30. The van der Waals surface area contributed by atoms with Gasteiger partial charge in [-0.3, -0.25) is 14.2 Å². The van der Waals surface area contributed by atoms with E-state index in [2.05, 4.69) is 20.6 Å². The van der Waals surface area contributed by atoms with Crippen LogP contribution in [0.4, 0.5) is 19.0 Å². The Bertz CT molecular complexity index is 1010. The topological polar surface area (TPSA) is 71.3 Å². The van der Waals surface area contributed by atoms with Gasteiger partial charge in [0, 0.05) is 31.2 Å². The largest absolute Gasteiger partial charge is 0.434 e. The van der Waals surface area contributed by atoms with Crippen molar-refractivity contribution in [1.82, 2.24) is 19.7 Å². The molecule has 30 heavy (non-hydrogen) atoms. The third-order valence-corrected chi connectivity index (χ3v) is 5.46. The van der Waals surface area contributed by atoms with Crippen molar-refractivity contribution in [1.29, 1.82) is 0 Å². The van der Waals surface area contributed by atoms with Gasteiger partial charge in [0.2, 0.25) is 0 Å². The number of halogens is 3. The first-order valence-electron chi connectivity index (χ1n) is 9.90. The van der Waals surface area contributed by atoms with Crippen molar-refractivity contribution in [3.05, 3.63) is 60.2 Å². The molecular weight excluding hydrogens is 395 g/mol. The number of anilines is 1. The van der Waals surface area contributed by atoms with Gasteiger partial charge >= 0.3 is 6.18 Å². The smallest absolute Gasteiger partial charge is 0.368 e. The van der Waals surface area contributed by atoms with E-state index in [0.717, 1.165) is 31.9 Å². The minimum atomic E-state index is -4.47. The van der Waals surface area contributed by atoms with Gasteiger partial charge in [-0.1, -0.05) is 6.07 Å². The maximum absolute atomic E-state index is 13.0. The Kier molecular flexibility index (Phi) is 5.61. The zero-order chi connectivity index (χ0) is 21.1. The number of amides is 1. The van der Waals surface area contributed by atoms with Crippen molar-refractivity contribution in [2.75, 3.05) is 11.9 Å². The summed E-state index contributed by atoms with van der Waals surface area (Å²) >= 11 is 0. The molecule has 1 saturated carbocycles. The molecule has 9 heteroatoms. The molecule has 1 aliphatic carbocycles. The molecule has 3 aromatic rings. The number of fused-ring (bicyclic) bond motifs is 1. The zero-order valence-electron chi connectivity index (χ0n) is 16.2. The van der Waals surface area contributed by atoms with E-state index in [1.165, 1.54) is 10.6 Å². The van der Waals surface area contributed by atoms with Crippen LogP contribution < -0.4 is 10.6 Å². The summed E-state index contributed by atoms with van der Waals surface area (Å²) in [5.74, 6) is 0.851. The highest BCUT2D eigenvalue weighted by molar-refractivity contribution is 5.93. The van der Waals surface area contributed by atoms with Crippen LogP contribution in [0, 0.1) is 5.92 Å². The van der Waals surface area contributed by atoms with Gasteiger partial charge in [-0.25, -0.2) is 4.98 Å². The van der Waals surface area contributed by atoms with Crippen molar-refractivity contribution < 1.29 is 18.0 Å². The van der Waals surface area contributed by atoms with Crippen molar-refractivity contribution in [2.45, 2.75) is 37.9 Å². The molecule has 3 aromatic heterocycles. The van der Waals surface area contributed by atoms with E-state index < -0.39 is 11.9 Å². The minimum Gasteiger partial charge on any atom is -0.368 e. The van der Waals surface area contributed by atoms with Crippen molar-refractivity contribution in [2.24, 2.45) is 5.92 Å². The van der Waals surface area contributed by atoms with Crippen LogP contribution in [-0.4, -0.2) is 32.9 Å². The molecule has 0 bridgehead atoms. The van der Waals surface area contributed by atoms with Crippen molar-refractivity contribution >= 4 is 17.4 Å². The van der Waals surface area contributed by atoms with Crippen molar-refractivity contribution in [3.63, 3.8) is 0 Å². The van der Waals surface area contributed by atoms with Gasteiger partial charge in [0.25, 0.3) is 5.91 Å². The van der Waals surface area contributed by atoms with E-state index in [4.69, 9.17) is 0 Å². The number of aromatic nitrogens is 3. The van der Waals surface area contributed by atoms with Crippen LogP contribution in [0.2, 0.25) is 0 Å². The summed E-state index contributed by atoms with van der Waals surface area (Å²) in [6, 6.07) is 8.63. The summed E-state index contributed by atoms with van der Waals surface area (Å²) in [7, 11) is 0.